The van der Waals surface area contributed by atoms with E-state index in [1.54, 1.807) is 11.8 Å². The summed E-state index contributed by atoms with van der Waals surface area (Å²) in [4.78, 5) is 16.9. The van der Waals surface area contributed by atoms with Gasteiger partial charge in [-0.3, -0.25) is 14.5 Å². The van der Waals surface area contributed by atoms with Crippen LogP contribution in [0.3, 0.4) is 0 Å². The highest BCUT2D eigenvalue weighted by Crippen LogP contribution is 2.21. The average molecular weight is 445 g/mol. The van der Waals surface area contributed by atoms with Gasteiger partial charge >= 0.3 is 0 Å². The molecule has 0 spiro atoms. The minimum atomic E-state index is -0.660. The largest absolute Gasteiger partial charge is 0.497 e. The lowest BCUT2D eigenvalue weighted by atomic mass is 10.1. The number of rotatable bonds is 8. The molecule has 0 aliphatic carbocycles. The van der Waals surface area contributed by atoms with Crippen LogP contribution in [0.15, 0.2) is 73.1 Å². The number of ether oxygens (including phenoxy) is 1. The van der Waals surface area contributed by atoms with E-state index in [9.17, 15) is 9.18 Å². The summed E-state index contributed by atoms with van der Waals surface area (Å²) in [5.41, 5.74) is 3.57. The Kier molecular flexibility index (Phi) is 6.78. The zero-order chi connectivity index (χ0) is 23.2. The van der Waals surface area contributed by atoms with Gasteiger partial charge in [0.05, 0.1) is 25.4 Å². The third kappa shape index (κ3) is 5.44. The Morgan fingerprint density at radius 1 is 1.09 bits per heavy atom. The van der Waals surface area contributed by atoms with Crippen LogP contribution in [0.5, 0.6) is 5.75 Å². The zero-order valence-corrected chi connectivity index (χ0v) is 18.6. The third-order valence-corrected chi connectivity index (χ3v) is 5.33. The van der Waals surface area contributed by atoms with Crippen molar-refractivity contribution < 1.29 is 13.9 Å². The molecule has 1 amide bonds. The maximum absolute atomic E-state index is 14.3. The van der Waals surface area contributed by atoms with E-state index in [0.717, 1.165) is 28.6 Å². The van der Waals surface area contributed by atoms with Crippen LogP contribution in [0.2, 0.25) is 0 Å². The summed E-state index contributed by atoms with van der Waals surface area (Å²) >= 11 is 0. The first kappa shape index (κ1) is 22.2. The number of aromatic nitrogens is 3. The van der Waals surface area contributed by atoms with Crippen LogP contribution in [-0.4, -0.2) is 27.8 Å². The zero-order valence-electron chi connectivity index (χ0n) is 18.6. The number of hydrogen-bond acceptors (Lipinski definition) is 4. The number of nitrogens with one attached hydrogen (secondary N) is 1. The van der Waals surface area contributed by atoms with E-state index in [1.807, 2.05) is 67.7 Å². The lowest BCUT2D eigenvalue weighted by Crippen LogP contribution is -2.16. The van der Waals surface area contributed by atoms with Crippen molar-refractivity contribution in [3.8, 4) is 5.75 Å². The fraction of sp³-hybridized carbons (Fsp3) is 0.192. The highest BCUT2D eigenvalue weighted by molar-refractivity contribution is 6.04. The molecule has 0 saturated carbocycles. The van der Waals surface area contributed by atoms with Crippen LogP contribution >= 0.6 is 0 Å². The van der Waals surface area contributed by atoms with Crippen molar-refractivity contribution in [3.63, 3.8) is 0 Å². The van der Waals surface area contributed by atoms with Crippen LogP contribution in [-0.2, 0) is 19.4 Å². The van der Waals surface area contributed by atoms with Gasteiger partial charge in [0.15, 0.2) is 11.6 Å². The Morgan fingerprint density at radius 2 is 1.85 bits per heavy atom. The molecule has 33 heavy (non-hydrogen) atoms. The van der Waals surface area contributed by atoms with E-state index < -0.39 is 11.7 Å². The van der Waals surface area contributed by atoms with Gasteiger partial charge in [-0.25, -0.2) is 4.39 Å². The van der Waals surface area contributed by atoms with E-state index in [1.165, 1.54) is 6.07 Å². The quantitative estimate of drug-likeness (QED) is 0.421. The summed E-state index contributed by atoms with van der Waals surface area (Å²) in [5, 5.41) is 7.40. The van der Waals surface area contributed by atoms with Gasteiger partial charge in [-0.2, -0.15) is 5.10 Å². The molecule has 168 valence electrons. The maximum atomic E-state index is 14.3. The van der Waals surface area contributed by atoms with Crippen LogP contribution in [0.25, 0.3) is 0 Å². The highest BCUT2D eigenvalue weighted by atomic mass is 19.1. The van der Waals surface area contributed by atoms with E-state index in [-0.39, 0.29) is 5.56 Å². The molecule has 0 unspecified atom stereocenters. The Hall–Kier alpha value is -4.00. The molecule has 0 aliphatic rings. The normalized spacial score (nSPS) is 10.8. The number of anilines is 1. The SMILES string of the molecule is CCc1cc(C(=O)Nc2nn(Cc3ccc(OC)cc3)cc2Cc2ccccc2)c(F)cn1. The van der Waals surface area contributed by atoms with Gasteiger partial charge < -0.3 is 10.1 Å². The second-order valence-electron chi connectivity index (χ2n) is 7.67. The van der Waals surface area contributed by atoms with Gasteiger partial charge in [-0.1, -0.05) is 49.4 Å². The maximum Gasteiger partial charge on any atom is 0.259 e. The minimum absolute atomic E-state index is 0.0442. The topological polar surface area (TPSA) is 69.0 Å². The number of carbonyl (C=O) groups excluding carboxylic acids is 1. The Balaban J connectivity index is 1.62. The highest BCUT2D eigenvalue weighted by Gasteiger charge is 2.18. The van der Waals surface area contributed by atoms with Crippen molar-refractivity contribution in [3.05, 3.63) is 107 Å². The van der Waals surface area contributed by atoms with Crippen molar-refractivity contribution >= 4 is 11.7 Å². The standard InChI is InChI=1S/C26H25FN4O2/c1-3-21-14-23(24(27)15-28-21)26(32)29-25-20(13-18-7-5-4-6-8-18)17-31(30-25)16-19-9-11-22(33-2)12-10-19/h4-12,14-15,17H,3,13,16H2,1-2H3,(H,29,30,32). The molecule has 0 bridgehead atoms. The third-order valence-electron chi connectivity index (χ3n) is 5.33. The molecule has 0 fully saturated rings. The Morgan fingerprint density at radius 3 is 2.55 bits per heavy atom. The minimum Gasteiger partial charge on any atom is -0.497 e. The molecule has 4 aromatic rings. The number of halogens is 1. The molecule has 2 heterocycles. The van der Waals surface area contributed by atoms with Crippen LogP contribution < -0.4 is 10.1 Å². The van der Waals surface area contributed by atoms with Gasteiger partial charge in [-0.05, 0) is 35.7 Å². The van der Waals surface area contributed by atoms with Crippen molar-refractivity contribution in [2.45, 2.75) is 26.3 Å². The van der Waals surface area contributed by atoms with Gasteiger partial charge in [0.25, 0.3) is 5.91 Å². The summed E-state index contributed by atoms with van der Waals surface area (Å²) in [6.07, 6.45) is 4.18. The number of benzene rings is 2. The summed E-state index contributed by atoms with van der Waals surface area (Å²) in [6.45, 7) is 2.42. The number of amides is 1. The molecule has 0 aliphatic heterocycles. The molecule has 1 N–H and O–H groups in total. The van der Waals surface area contributed by atoms with Crippen LogP contribution in [0.4, 0.5) is 10.2 Å². The second kappa shape index (κ2) is 10.1. The lowest BCUT2D eigenvalue weighted by molar-refractivity contribution is 0.102. The molecule has 0 radical (unpaired) electrons. The Bertz CT molecular complexity index is 1240. The number of carbonyl (C=O) groups is 1. The first-order chi connectivity index (χ1) is 16.1. The average Bonchev–Trinajstić information content (AvgIpc) is 3.20. The second-order valence-corrected chi connectivity index (χ2v) is 7.67. The van der Waals surface area contributed by atoms with E-state index in [4.69, 9.17) is 4.74 Å². The van der Waals surface area contributed by atoms with Gasteiger partial charge in [0, 0.05) is 23.9 Å². The summed E-state index contributed by atoms with van der Waals surface area (Å²) < 4.78 is 21.3. The molecule has 0 atom stereocenters. The van der Waals surface area contributed by atoms with E-state index in [0.29, 0.717) is 30.9 Å². The smallest absolute Gasteiger partial charge is 0.259 e. The molecule has 4 rings (SSSR count). The van der Waals surface area contributed by atoms with Gasteiger partial charge in [0.1, 0.15) is 5.75 Å². The Labute approximate surface area is 192 Å². The number of pyridine rings is 1. The van der Waals surface area contributed by atoms with Gasteiger partial charge in [-0.15, -0.1) is 0 Å². The number of methoxy groups -OCH3 is 1. The molecule has 7 heteroatoms. The first-order valence-corrected chi connectivity index (χ1v) is 10.7. The number of aryl methyl sites for hydroxylation is 1. The fourth-order valence-electron chi connectivity index (χ4n) is 3.54. The molecular formula is C26H25FN4O2. The van der Waals surface area contributed by atoms with Crippen molar-refractivity contribution in [2.75, 3.05) is 12.4 Å². The van der Waals surface area contributed by atoms with Crippen molar-refractivity contribution in [1.29, 1.82) is 0 Å². The molecular weight excluding hydrogens is 419 g/mol. The predicted octanol–water partition coefficient (Wildman–Crippen LogP) is 4.88. The van der Waals surface area contributed by atoms with Crippen LogP contribution in [0, 0.1) is 5.82 Å². The fourth-order valence-corrected chi connectivity index (χ4v) is 3.54. The molecule has 2 aromatic carbocycles. The van der Waals surface area contributed by atoms with Crippen molar-refractivity contribution in [1.82, 2.24) is 14.8 Å². The summed E-state index contributed by atoms with van der Waals surface area (Å²) in [7, 11) is 1.63. The van der Waals surface area contributed by atoms with E-state index >= 15 is 0 Å². The molecule has 0 saturated heterocycles. The summed E-state index contributed by atoms with van der Waals surface area (Å²) in [5.74, 6) is -0.0185. The number of nitrogens with zero attached hydrogens (tertiary/aromatic N) is 3. The summed E-state index contributed by atoms with van der Waals surface area (Å²) in [6, 6.07) is 19.1. The lowest BCUT2D eigenvalue weighted by Gasteiger charge is -2.07. The molecule has 2 aromatic heterocycles. The van der Waals surface area contributed by atoms with Crippen molar-refractivity contribution in [2.24, 2.45) is 0 Å². The van der Waals surface area contributed by atoms with Crippen LogP contribution in [0.1, 0.15) is 39.7 Å². The molecule has 6 nitrogen and oxygen atoms in total. The number of hydrogen-bond donors (Lipinski definition) is 1. The predicted molar refractivity (Wildman–Crippen MR) is 125 cm³/mol. The van der Waals surface area contributed by atoms with E-state index in [2.05, 4.69) is 15.4 Å². The monoisotopic (exact) mass is 444 g/mol. The first-order valence-electron chi connectivity index (χ1n) is 10.7. The van der Waals surface area contributed by atoms with Gasteiger partial charge in [0.2, 0.25) is 0 Å².